The molecule has 0 unspecified atom stereocenters. The standard InChI is InChI=1S/C19H36BN3O5S/c1-11(2)7-16(23-17(24)13(21)10-22-29(6,25)26)20-27-15-9-12-8-14(18(12,3)4)19(15,5)28-20/h11-16,22H,7-10,21H2,1-6H3,(H,23,24)/t12-,13+,14-,15-,16+,19+/m1/s1. The fourth-order valence-corrected chi connectivity index (χ4v) is 5.92. The van der Waals surface area contributed by atoms with Gasteiger partial charge < -0.3 is 20.4 Å². The van der Waals surface area contributed by atoms with Crippen molar-refractivity contribution in [1.29, 1.82) is 0 Å². The van der Waals surface area contributed by atoms with E-state index in [9.17, 15) is 13.2 Å². The van der Waals surface area contributed by atoms with Crippen molar-refractivity contribution in [3.8, 4) is 0 Å². The minimum Gasteiger partial charge on any atom is -0.404 e. The molecule has 10 heteroatoms. The van der Waals surface area contributed by atoms with Gasteiger partial charge in [-0.25, -0.2) is 13.1 Å². The summed E-state index contributed by atoms with van der Waals surface area (Å²) in [6, 6.07) is -0.981. The van der Waals surface area contributed by atoms with E-state index in [-0.39, 0.29) is 29.6 Å². The molecule has 29 heavy (non-hydrogen) atoms. The van der Waals surface area contributed by atoms with Crippen LogP contribution in [0, 0.1) is 23.2 Å². The summed E-state index contributed by atoms with van der Waals surface area (Å²) in [5.41, 5.74) is 5.79. The third-order valence-electron chi connectivity index (χ3n) is 7.25. The second-order valence-electron chi connectivity index (χ2n) is 10.3. The molecule has 6 atom stereocenters. The van der Waals surface area contributed by atoms with Crippen LogP contribution < -0.4 is 15.8 Å². The summed E-state index contributed by atoms with van der Waals surface area (Å²) in [5.74, 6) is 0.665. The second-order valence-corrected chi connectivity index (χ2v) is 12.1. The molecule has 166 valence electrons. The number of hydrogen-bond donors (Lipinski definition) is 3. The molecule has 1 heterocycles. The van der Waals surface area contributed by atoms with Crippen LogP contribution >= 0.6 is 0 Å². The summed E-state index contributed by atoms with van der Waals surface area (Å²) in [7, 11) is -3.94. The molecule has 4 fully saturated rings. The van der Waals surface area contributed by atoms with E-state index in [0.717, 1.165) is 12.7 Å². The van der Waals surface area contributed by atoms with Crippen LogP contribution in [0.3, 0.4) is 0 Å². The summed E-state index contributed by atoms with van der Waals surface area (Å²) >= 11 is 0. The number of hydrogen-bond acceptors (Lipinski definition) is 6. The Balaban J connectivity index is 1.67. The van der Waals surface area contributed by atoms with E-state index < -0.39 is 29.1 Å². The normalized spacial score (nSPS) is 35.0. The van der Waals surface area contributed by atoms with Gasteiger partial charge in [0.25, 0.3) is 0 Å². The molecule has 0 spiro atoms. The lowest BCUT2D eigenvalue weighted by molar-refractivity contribution is -0.199. The van der Waals surface area contributed by atoms with E-state index in [2.05, 4.69) is 44.7 Å². The predicted octanol–water partition coefficient (Wildman–Crippen LogP) is 0.661. The van der Waals surface area contributed by atoms with Crippen LogP contribution in [0.1, 0.15) is 53.9 Å². The zero-order valence-corrected chi connectivity index (χ0v) is 19.2. The third kappa shape index (κ3) is 4.51. The van der Waals surface area contributed by atoms with E-state index in [4.69, 9.17) is 15.0 Å². The molecule has 0 aromatic carbocycles. The number of carbonyl (C=O) groups is 1. The Morgan fingerprint density at radius 3 is 2.48 bits per heavy atom. The Labute approximate surface area is 175 Å². The summed E-state index contributed by atoms with van der Waals surface area (Å²) in [6.07, 6.45) is 3.91. The van der Waals surface area contributed by atoms with E-state index in [0.29, 0.717) is 24.2 Å². The molecule has 1 saturated heterocycles. The molecule has 8 nitrogen and oxygen atoms in total. The maximum absolute atomic E-state index is 12.6. The third-order valence-corrected chi connectivity index (χ3v) is 7.94. The molecular weight excluding hydrogens is 393 g/mol. The quantitative estimate of drug-likeness (QED) is 0.488. The summed E-state index contributed by atoms with van der Waals surface area (Å²) in [4.78, 5) is 12.6. The van der Waals surface area contributed by atoms with Crippen molar-refractivity contribution in [3.63, 3.8) is 0 Å². The summed E-state index contributed by atoms with van der Waals surface area (Å²) < 4.78 is 37.6. The van der Waals surface area contributed by atoms with Crippen molar-refractivity contribution in [2.24, 2.45) is 28.9 Å². The highest BCUT2D eigenvalue weighted by molar-refractivity contribution is 7.88. The molecule has 2 bridgehead atoms. The minimum atomic E-state index is -3.41. The van der Waals surface area contributed by atoms with Crippen molar-refractivity contribution >= 4 is 23.0 Å². The first-order chi connectivity index (χ1) is 13.2. The number of amides is 1. The van der Waals surface area contributed by atoms with Gasteiger partial charge in [0, 0.05) is 6.54 Å². The predicted molar refractivity (Wildman–Crippen MR) is 112 cm³/mol. The van der Waals surface area contributed by atoms with Crippen LogP contribution in [0.2, 0.25) is 0 Å². The Morgan fingerprint density at radius 1 is 1.28 bits per heavy atom. The van der Waals surface area contributed by atoms with Crippen molar-refractivity contribution in [3.05, 3.63) is 0 Å². The largest absolute Gasteiger partial charge is 0.481 e. The van der Waals surface area contributed by atoms with Gasteiger partial charge in [0.05, 0.1) is 29.9 Å². The van der Waals surface area contributed by atoms with Gasteiger partial charge in [-0.1, -0.05) is 27.7 Å². The van der Waals surface area contributed by atoms with Crippen LogP contribution in [0.4, 0.5) is 0 Å². The number of carbonyl (C=O) groups excluding carboxylic acids is 1. The fraction of sp³-hybridized carbons (Fsp3) is 0.947. The van der Waals surface area contributed by atoms with Gasteiger partial charge in [0.2, 0.25) is 15.9 Å². The Morgan fingerprint density at radius 2 is 1.93 bits per heavy atom. The van der Waals surface area contributed by atoms with Gasteiger partial charge >= 0.3 is 7.12 Å². The molecule has 3 aliphatic carbocycles. The molecule has 1 amide bonds. The maximum atomic E-state index is 12.6. The maximum Gasteiger partial charge on any atom is 0.481 e. The van der Waals surface area contributed by atoms with E-state index in [1.807, 2.05) is 0 Å². The summed E-state index contributed by atoms with van der Waals surface area (Å²) in [5, 5.41) is 2.95. The zero-order chi connectivity index (χ0) is 21.8. The lowest BCUT2D eigenvalue weighted by Crippen LogP contribution is -2.65. The van der Waals surface area contributed by atoms with Crippen molar-refractivity contribution in [1.82, 2.24) is 10.0 Å². The van der Waals surface area contributed by atoms with Crippen molar-refractivity contribution in [2.45, 2.75) is 77.6 Å². The average molecular weight is 429 g/mol. The average Bonchev–Trinajstić information content (AvgIpc) is 2.94. The number of sulfonamides is 1. The molecule has 4 N–H and O–H groups in total. The molecule has 1 aliphatic heterocycles. The second kappa shape index (κ2) is 7.78. The molecule has 0 radical (unpaired) electrons. The number of nitrogens with two attached hydrogens (primary N) is 1. The first-order valence-corrected chi connectivity index (χ1v) is 12.5. The highest BCUT2D eigenvalue weighted by atomic mass is 32.2. The number of rotatable bonds is 8. The van der Waals surface area contributed by atoms with Gasteiger partial charge in [-0.2, -0.15) is 0 Å². The smallest absolute Gasteiger partial charge is 0.404 e. The lowest BCUT2D eigenvalue weighted by Gasteiger charge is -2.64. The Bertz CT molecular complexity index is 746. The Kier molecular flexibility index (Phi) is 6.17. The monoisotopic (exact) mass is 429 g/mol. The van der Waals surface area contributed by atoms with Crippen molar-refractivity contribution in [2.75, 3.05) is 12.8 Å². The van der Waals surface area contributed by atoms with Crippen LogP contribution in [0.5, 0.6) is 0 Å². The van der Waals surface area contributed by atoms with Crippen LogP contribution in [-0.2, 0) is 24.1 Å². The van der Waals surface area contributed by atoms with E-state index in [1.165, 1.54) is 6.42 Å². The van der Waals surface area contributed by atoms with Gasteiger partial charge in [0.15, 0.2) is 0 Å². The zero-order valence-electron chi connectivity index (χ0n) is 18.4. The van der Waals surface area contributed by atoms with Gasteiger partial charge in [0.1, 0.15) is 0 Å². The van der Waals surface area contributed by atoms with Crippen LogP contribution in [-0.4, -0.2) is 57.9 Å². The minimum absolute atomic E-state index is 0.0383. The van der Waals surface area contributed by atoms with E-state index >= 15 is 0 Å². The number of nitrogens with one attached hydrogen (secondary N) is 2. The first-order valence-electron chi connectivity index (χ1n) is 10.6. The van der Waals surface area contributed by atoms with Gasteiger partial charge in [-0.3, -0.25) is 4.79 Å². The molecular formula is C19H36BN3O5S. The van der Waals surface area contributed by atoms with Crippen molar-refractivity contribution < 1.29 is 22.5 Å². The topological polar surface area (TPSA) is 120 Å². The molecule has 4 rings (SSSR count). The van der Waals surface area contributed by atoms with Gasteiger partial charge in [-0.05, 0) is 49.4 Å². The van der Waals surface area contributed by atoms with Crippen LogP contribution in [0.25, 0.3) is 0 Å². The highest BCUT2D eigenvalue weighted by Crippen LogP contribution is 2.65. The molecule has 4 aliphatic rings. The highest BCUT2D eigenvalue weighted by Gasteiger charge is 2.68. The molecule has 3 saturated carbocycles. The first kappa shape index (κ1) is 23.0. The molecule has 0 aromatic rings. The lowest BCUT2D eigenvalue weighted by atomic mass is 9.43. The fourth-order valence-electron chi connectivity index (χ4n) is 5.44. The Hall–Kier alpha value is -0.675. The molecule has 0 aromatic heterocycles. The van der Waals surface area contributed by atoms with Crippen LogP contribution in [0.15, 0.2) is 0 Å². The van der Waals surface area contributed by atoms with Gasteiger partial charge in [-0.15, -0.1) is 0 Å². The summed E-state index contributed by atoms with van der Waals surface area (Å²) in [6.45, 7) is 10.8. The SMILES string of the molecule is CC(C)C[C@H](NC(=O)[C@@H](N)CNS(C)(=O)=O)B1O[C@@H]2C[C@H]3C[C@H](C3(C)C)[C@]2(C)O1. The van der Waals surface area contributed by atoms with E-state index in [1.54, 1.807) is 0 Å².